The molecule has 1 aromatic heterocycles. The van der Waals surface area contributed by atoms with E-state index in [2.05, 4.69) is 16.3 Å². The van der Waals surface area contributed by atoms with Gasteiger partial charge in [0, 0.05) is 29.7 Å². The molecule has 1 aromatic carbocycles. The number of benzene rings is 1. The van der Waals surface area contributed by atoms with Crippen molar-refractivity contribution in [2.24, 2.45) is 0 Å². The van der Waals surface area contributed by atoms with Crippen LogP contribution in [-0.2, 0) is 0 Å². The van der Waals surface area contributed by atoms with Gasteiger partial charge in [-0.1, -0.05) is 11.6 Å². The van der Waals surface area contributed by atoms with Gasteiger partial charge in [0.1, 0.15) is 10.7 Å². The largest absolute Gasteiger partial charge is 0.364 e. The smallest absolute Gasteiger partial charge is 0.263 e. The van der Waals surface area contributed by atoms with Crippen LogP contribution >= 0.6 is 11.3 Å². The first-order chi connectivity index (χ1) is 10.1. The molecule has 0 bridgehead atoms. The molecular formula is C16H17FN2OS. The zero-order valence-electron chi connectivity index (χ0n) is 12.1. The number of halogens is 1. The van der Waals surface area contributed by atoms with Gasteiger partial charge in [0.25, 0.3) is 5.91 Å². The molecular weight excluding hydrogens is 287 g/mol. The van der Waals surface area contributed by atoms with Gasteiger partial charge < -0.3 is 10.2 Å². The SMILES string of the molecule is CC(C)=CCN1CCNC(=O)c2sc3ccc(F)cc3c21. The predicted octanol–water partition coefficient (Wildman–Crippen LogP) is 3.56. The second-order valence-corrected chi connectivity index (χ2v) is 6.46. The summed E-state index contributed by atoms with van der Waals surface area (Å²) in [6.45, 7) is 6.16. The lowest BCUT2D eigenvalue weighted by atomic mass is 10.2. The van der Waals surface area contributed by atoms with Crippen LogP contribution in [-0.4, -0.2) is 25.5 Å². The van der Waals surface area contributed by atoms with E-state index in [1.807, 2.05) is 13.8 Å². The van der Waals surface area contributed by atoms with Gasteiger partial charge >= 0.3 is 0 Å². The molecule has 1 aliphatic heterocycles. The van der Waals surface area contributed by atoms with E-state index in [9.17, 15) is 9.18 Å². The van der Waals surface area contributed by atoms with E-state index >= 15 is 0 Å². The third kappa shape index (κ3) is 2.65. The number of carbonyl (C=O) groups is 1. The van der Waals surface area contributed by atoms with Crippen molar-refractivity contribution in [2.45, 2.75) is 13.8 Å². The first-order valence-electron chi connectivity index (χ1n) is 6.95. The number of thiophene rings is 1. The third-order valence-corrected chi connectivity index (χ3v) is 4.69. The van der Waals surface area contributed by atoms with Crippen molar-refractivity contribution in [2.75, 3.05) is 24.5 Å². The highest BCUT2D eigenvalue weighted by Crippen LogP contribution is 2.39. The molecule has 3 rings (SSSR count). The van der Waals surface area contributed by atoms with Crippen molar-refractivity contribution < 1.29 is 9.18 Å². The Morgan fingerprint density at radius 3 is 3.05 bits per heavy atom. The molecule has 0 saturated carbocycles. The van der Waals surface area contributed by atoms with Crippen LogP contribution in [0.5, 0.6) is 0 Å². The average Bonchev–Trinajstić information content (AvgIpc) is 2.73. The minimum absolute atomic E-state index is 0.0636. The molecule has 1 aliphatic rings. The van der Waals surface area contributed by atoms with E-state index in [0.29, 0.717) is 11.4 Å². The summed E-state index contributed by atoms with van der Waals surface area (Å²) in [6.07, 6.45) is 2.13. The number of hydrogen-bond acceptors (Lipinski definition) is 3. The number of nitrogens with zero attached hydrogens (tertiary/aromatic N) is 1. The molecule has 0 atom stereocenters. The maximum atomic E-state index is 13.6. The molecule has 2 heterocycles. The van der Waals surface area contributed by atoms with Gasteiger partial charge in [-0.3, -0.25) is 4.79 Å². The molecule has 110 valence electrons. The highest BCUT2D eigenvalue weighted by molar-refractivity contribution is 7.21. The van der Waals surface area contributed by atoms with Crippen LogP contribution in [0, 0.1) is 5.82 Å². The van der Waals surface area contributed by atoms with E-state index in [4.69, 9.17) is 0 Å². The highest BCUT2D eigenvalue weighted by atomic mass is 32.1. The summed E-state index contributed by atoms with van der Waals surface area (Å²) in [4.78, 5) is 15.0. The number of fused-ring (bicyclic) bond motifs is 3. The summed E-state index contributed by atoms with van der Waals surface area (Å²) >= 11 is 1.43. The first-order valence-corrected chi connectivity index (χ1v) is 7.76. The summed E-state index contributed by atoms with van der Waals surface area (Å²) < 4.78 is 14.5. The van der Waals surface area contributed by atoms with Crippen LogP contribution in [0.1, 0.15) is 23.5 Å². The number of hydrogen-bond donors (Lipinski definition) is 1. The van der Waals surface area contributed by atoms with Crippen molar-refractivity contribution in [3.8, 4) is 0 Å². The molecule has 0 fully saturated rings. The highest BCUT2D eigenvalue weighted by Gasteiger charge is 2.25. The normalized spacial score (nSPS) is 14.6. The fourth-order valence-corrected chi connectivity index (χ4v) is 3.62. The number of carbonyl (C=O) groups excluding carboxylic acids is 1. The number of amides is 1. The maximum absolute atomic E-state index is 13.6. The molecule has 1 amide bonds. The Bertz CT molecular complexity index is 731. The molecule has 0 spiro atoms. The van der Waals surface area contributed by atoms with E-state index in [0.717, 1.165) is 28.9 Å². The summed E-state index contributed by atoms with van der Waals surface area (Å²) in [7, 11) is 0. The number of nitrogens with one attached hydrogen (secondary N) is 1. The standard InChI is InChI=1S/C16H17FN2OS/c1-10(2)5-7-19-8-6-18-16(20)15-14(19)12-9-11(17)3-4-13(12)21-15/h3-5,9H,6-8H2,1-2H3,(H,18,20). The predicted molar refractivity (Wildman–Crippen MR) is 85.8 cm³/mol. The summed E-state index contributed by atoms with van der Waals surface area (Å²) in [5.41, 5.74) is 2.09. The lowest BCUT2D eigenvalue weighted by molar-refractivity contribution is 0.0962. The van der Waals surface area contributed by atoms with Gasteiger partial charge in [-0.05, 0) is 32.0 Å². The van der Waals surface area contributed by atoms with Gasteiger partial charge in [-0.2, -0.15) is 0 Å². The van der Waals surface area contributed by atoms with Crippen molar-refractivity contribution in [1.29, 1.82) is 0 Å². The Kier molecular flexibility index (Phi) is 3.68. The van der Waals surface area contributed by atoms with Gasteiger partial charge in [0.15, 0.2) is 0 Å². The van der Waals surface area contributed by atoms with Crippen molar-refractivity contribution >= 4 is 33.0 Å². The minimum atomic E-state index is -0.269. The van der Waals surface area contributed by atoms with E-state index in [1.54, 1.807) is 6.07 Å². The van der Waals surface area contributed by atoms with Crippen LogP contribution in [0.3, 0.4) is 0 Å². The minimum Gasteiger partial charge on any atom is -0.364 e. The van der Waals surface area contributed by atoms with E-state index in [-0.39, 0.29) is 11.7 Å². The van der Waals surface area contributed by atoms with Crippen molar-refractivity contribution in [3.63, 3.8) is 0 Å². The molecule has 21 heavy (non-hydrogen) atoms. The zero-order chi connectivity index (χ0) is 15.0. The van der Waals surface area contributed by atoms with Crippen LogP contribution in [0.15, 0.2) is 29.8 Å². The Morgan fingerprint density at radius 1 is 1.48 bits per heavy atom. The molecule has 0 aliphatic carbocycles. The fourth-order valence-electron chi connectivity index (χ4n) is 2.50. The lowest BCUT2D eigenvalue weighted by Crippen LogP contribution is -2.30. The van der Waals surface area contributed by atoms with E-state index < -0.39 is 0 Å². The molecule has 0 saturated heterocycles. The van der Waals surface area contributed by atoms with Gasteiger partial charge in [0.2, 0.25) is 0 Å². The number of allylic oxidation sites excluding steroid dienone is 1. The second-order valence-electron chi connectivity index (χ2n) is 5.40. The maximum Gasteiger partial charge on any atom is 0.263 e. The topological polar surface area (TPSA) is 32.3 Å². The number of rotatable bonds is 2. The Balaban J connectivity index is 2.17. The van der Waals surface area contributed by atoms with Gasteiger partial charge in [0.05, 0.1) is 5.69 Å². The van der Waals surface area contributed by atoms with Crippen molar-refractivity contribution in [3.05, 3.63) is 40.5 Å². The zero-order valence-corrected chi connectivity index (χ0v) is 12.9. The van der Waals surface area contributed by atoms with Crippen LogP contribution in [0.4, 0.5) is 10.1 Å². The van der Waals surface area contributed by atoms with Crippen LogP contribution in [0.25, 0.3) is 10.1 Å². The summed E-state index contributed by atoms with van der Waals surface area (Å²) in [6, 6.07) is 4.71. The summed E-state index contributed by atoms with van der Waals surface area (Å²) in [5.74, 6) is -0.332. The van der Waals surface area contributed by atoms with E-state index in [1.165, 1.54) is 29.0 Å². The van der Waals surface area contributed by atoms with Gasteiger partial charge in [-0.15, -0.1) is 11.3 Å². The second kappa shape index (κ2) is 5.48. The Labute approximate surface area is 127 Å². The third-order valence-electron chi connectivity index (χ3n) is 3.53. The van der Waals surface area contributed by atoms with Crippen LogP contribution < -0.4 is 10.2 Å². The quantitative estimate of drug-likeness (QED) is 0.861. The number of anilines is 1. The molecule has 0 unspecified atom stereocenters. The molecule has 5 heteroatoms. The molecule has 1 N–H and O–H groups in total. The van der Waals surface area contributed by atoms with Crippen molar-refractivity contribution in [1.82, 2.24) is 5.32 Å². The molecule has 2 aromatic rings. The Hall–Kier alpha value is -1.88. The molecule has 3 nitrogen and oxygen atoms in total. The Morgan fingerprint density at radius 2 is 2.29 bits per heavy atom. The monoisotopic (exact) mass is 304 g/mol. The van der Waals surface area contributed by atoms with Gasteiger partial charge in [-0.25, -0.2) is 4.39 Å². The first kappa shape index (κ1) is 14.1. The average molecular weight is 304 g/mol. The van der Waals surface area contributed by atoms with Crippen LogP contribution in [0.2, 0.25) is 0 Å². The lowest BCUT2D eigenvalue weighted by Gasteiger charge is -2.21. The summed E-state index contributed by atoms with van der Waals surface area (Å²) in [5, 5.41) is 3.74. The molecule has 0 radical (unpaired) electrons. The fraction of sp³-hybridized carbons (Fsp3) is 0.312.